The van der Waals surface area contributed by atoms with Gasteiger partial charge < -0.3 is 9.64 Å². The van der Waals surface area contributed by atoms with E-state index < -0.39 is 10.0 Å². The molecule has 21 heavy (non-hydrogen) atoms. The zero-order valence-electron chi connectivity index (χ0n) is 13.1. The number of hydrogen-bond acceptors (Lipinski definition) is 4. The van der Waals surface area contributed by atoms with Crippen molar-refractivity contribution in [3.05, 3.63) is 22.7 Å². The number of rotatable bonds is 7. The van der Waals surface area contributed by atoms with Gasteiger partial charge in [-0.1, -0.05) is 29.8 Å². The van der Waals surface area contributed by atoms with Gasteiger partial charge in [0.2, 0.25) is 10.0 Å². The molecule has 0 atom stereocenters. The molecule has 0 saturated carbocycles. The standard InChI is InChI=1S/C14H23BrN2O3S/c1-14(2,10-17(3)4)9-16-21(18,19)13-8-11(15)6-7-12(13)20-5/h6-8,16H,9-10H2,1-5H3. The van der Waals surface area contributed by atoms with Crippen molar-refractivity contribution >= 4 is 26.0 Å². The molecule has 0 fully saturated rings. The van der Waals surface area contributed by atoms with Gasteiger partial charge in [0.1, 0.15) is 10.6 Å². The van der Waals surface area contributed by atoms with Crippen molar-refractivity contribution in [3.63, 3.8) is 0 Å². The van der Waals surface area contributed by atoms with Crippen LogP contribution in [0.4, 0.5) is 0 Å². The summed E-state index contributed by atoms with van der Waals surface area (Å²) in [6.07, 6.45) is 0. The predicted molar refractivity (Wildman–Crippen MR) is 88.2 cm³/mol. The highest BCUT2D eigenvalue weighted by Gasteiger charge is 2.25. The Balaban J connectivity index is 2.95. The molecular weight excluding hydrogens is 356 g/mol. The van der Waals surface area contributed by atoms with E-state index in [9.17, 15) is 8.42 Å². The van der Waals surface area contributed by atoms with E-state index in [0.717, 1.165) is 6.54 Å². The topological polar surface area (TPSA) is 58.6 Å². The maximum absolute atomic E-state index is 12.5. The lowest BCUT2D eigenvalue weighted by Crippen LogP contribution is -2.40. The van der Waals surface area contributed by atoms with Crippen molar-refractivity contribution in [3.8, 4) is 5.75 Å². The molecular formula is C14H23BrN2O3S. The van der Waals surface area contributed by atoms with Gasteiger partial charge >= 0.3 is 0 Å². The number of methoxy groups -OCH3 is 1. The fourth-order valence-corrected chi connectivity index (χ4v) is 4.09. The van der Waals surface area contributed by atoms with Crippen molar-refractivity contribution in [2.75, 3.05) is 34.3 Å². The van der Waals surface area contributed by atoms with Crippen molar-refractivity contribution in [1.82, 2.24) is 9.62 Å². The van der Waals surface area contributed by atoms with Crippen LogP contribution in [-0.2, 0) is 10.0 Å². The molecule has 0 aliphatic heterocycles. The smallest absolute Gasteiger partial charge is 0.244 e. The first-order valence-corrected chi connectivity index (χ1v) is 8.83. The first kappa shape index (κ1) is 18.4. The molecule has 0 aromatic heterocycles. The number of halogens is 1. The molecule has 7 heteroatoms. The van der Waals surface area contributed by atoms with E-state index in [2.05, 4.69) is 20.7 Å². The molecule has 120 valence electrons. The van der Waals surface area contributed by atoms with E-state index in [-0.39, 0.29) is 10.3 Å². The molecule has 1 aromatic carbocycles. The number of benzene rings is 1. The molecule has 0 bridgehead atoms. The third-order valence-corrected chi connectivity index (χ3v) is 4.82. The Morgan fingerprint density at radius 1 is 1.33 bits per heavy atom. The van der Waals surface area contributed by atoms with Gasteiger partial charge in [-0.15, -0.1) is 0 Å². The minimum Gasteiger partial charge on any atom is -0.495 e. The molecule has 5 nitrogen and oxygen atoms in total. The molecule has 0 saturated heterocycles. The van der Waals surface area contributed by atoms with Crippen LogP contribution in [0.2, 0.25) is 0 Å². The SMILES string of the molecule is COc1ccc(Br)cc1S(=O)(=O)NCC(C)(C)CN(C)C. The zero-order valence-corrected chi connectivity index (χ0v) is 15.5. The Bertz CT molecular complexity index is 586. The second-order valence-electron chi connectivity index (χ2n) is 6.02. The molecule has 0 heterocycles. The average molecular weight is 379 g/mol. The molecule has 0 aliphatic carbocycles. The minimum absolute atomic E-state index is 0.139. The van der Waals surface area contributed by atoms with Crippen molar-refractivity contribution in [2.24, 2.45) is 5.41 Å². The normalized spacial score (nSPS) is 12.7. The second kappa shape index (κ2) is 7.09. The quantitative estimate of drug-likeness (QED) is 0.790. The molecule has 0 amide bonds. The minimum atomic E-state index is -3.62. The van der Waals surface area contributed by atoms with Gasteiger partial charge in [-0.3, -0.25) is 0 Å². The van der Waals surface area contributed by atoms with Crippen molar-refractivity contribution in [2.45, 2.75) is 18.7 Å². The summed E-state index contributed by atoms with van der Waals surface area (Å²) in [6, 6.07) is 4.91. The van der Waals surface area contributed by atoms with Crippen LogP contribution >= 0.6 is 15.9 Å². The lowest BCUT2D eigenvalue weighted by Gasteiger charge is -2.28. The maximum atomic E-state index is 12.5. The fourth-order valence-electron chi connectivity index (χ4n) is 2.14. The summed E-state index contributed by atoms with van der Waals surface area (Å²) in [4.78, 5) is 2.17. The van der Waals surface area contributed by atoms with E-state index in [0.29, 0.717) is 16.8 Å². The lowest BCUT2D eigenvalue weighted by molar-refractivity contribution is 0.242. The highest BCUT2D eigenvalue weighted by atomic mass is 79.9. The van der Waals surface area contributed by atoms with Crippen LogP contribution in [0, 0.1) is 5.41 Å². The van der Waals surface area contributed by atoms with Gasteiger partial charge in [-0.2, -0.15) is 0 Å². The first-order valence-electron chi connectivity index (χ1n) is 6.55. The number of ether oxygens (including phenoxy) is 1. The Hall–Kier alpha value is -0.630. The van der Waals surface area contributed by atoms with Crippen LogP contribution in [0.25, 0.3) is 0 Å². The largest absolute Gasteiger partial charge is 0.495 e. The summed E-state index contributed by atoms with van der Waals surface area (Å²) in [5, 5.41) is 0. The molecule has 1 aromatic rings. The number of sulfonamides is 1. The van der Waals surface area contributed by atoms with Gasteiger partial charge in [0.25, 0.3) is 0 Å². The van der Waals surface area contributed by atoms with Gasteiger partial charge in [0.15, 0.2) is 0 Å². The summed E-state index contributed by atoms with van der Waals surface area (Å²) in [5.74, 6) is 0.330. The van der Waals surface area contributed by atoms with Gasteiger partial charge in [-0.05, 0) is 37.7 Å². The predicted octanol–water partition coefficient (Wildman–Crippen LogP) is 2.32. The Morgan fingerprint density at radius 2 is 1.95 bits per heavy atom. The molecule has 1 N–H and O–H groups in total. The molecule has 0 aliphatic rings. The van der Waals surface area contributed by atoms with Gasteiger partial charge in [0.05, 0.1) is 7.11 Å². The third kappa shape index (κ3) is 5.58. The summed E-state index contributed by atoms with van der Waals surface area (Å²) >= 11 is 3.29. The highest BCUT2D eigenvalue weighted by molar-refractivity contribution is 9.10. The highest BCUT2D eigenvalue weighted by Crippen LogP contribution is 2.27. The summed E-state index contributed by atoms with van der Waals surface area (Å²) in [5.41, 5.74) is -0.171. The molecule has 0 spiro atoms. The molecule has 0 radical (unpaired) electrons. The summed E-state index contributed by atoms with van der Waals surface area (Å²) in [6.45, 7) is 5.18. The van der Waals surface area contributed by atoms with E-state index in [1.54, 1.807) is 18.2 Å². The zero-order chi connectivity index (χ0) is 16.3. The third-order valence-electron chi connectivity index (χ3n) is 2.90. The van der Waals surface area contributed by atoms with Crippen LogP contribution in [-0.4, -0.2) is 47.6 Å². The Kier molecular flexibility index (Phi) is 6.22. The Morgan fingerprint density at radius 3 is 2.48 bits per heavy atom. The summed E-state index contributed by atoms with van der Waals surface area (Å²) < 4.78 is 33.4. The van der Waals surface area contributed by atoms with Crippen LogP contribution in [0.15, 0.2) is 27.6 Å². The second-order valence-corrected chi connectivity index (χ2v) is 8.67. The lowest BCUT2D eigenvalue weighted by atomic mass is 9.93. The van der Waals surface area contributed by atoms with Crippen molar-refractivity contribution in [1.29, 1.82) is 0 Å². The van der Waals surface area contributed by atoms with Gasteiger partial charge in [-0.25, -0.2) is 13.1 Å². The van der Waals surface area contributed by atoms with Crippen LogP contribution in [0.3, 0.4) is 0 Å². The number of nitrogens with one attached hydrogen (secondary N) is 1. The fraction of sp³-hybridized carbons (Fsp3) is 0.571. The number of nitrogens with zero attached hydrogens (tertiary/aromatic N) is 1. The number of hydrogen-bond donors (Lipinski definition) is 1. The Labute approximate surface area is 135 Å². The van der Waals surface area contributed by atoms with E-state index in [1.807, 2.05) is 32.8 Å². The maximum Gasteiger partial charge on any atom is 0.244 e. The first-order chi connectivity index (χ1) is 9.57. The molecule has 1 rings (SSSR count). The van der Waals surface area contributed by atoms with Crippen LogP contribution < -0.4 is 9.46 Å². The molecule has 0 unspecified atom stereocenters. The summed E-state index contributed by atoms with van der Waals surface area (Å²) in [7, 11) is 1.77. The average Bonchev–Trinajstić information content (AvgIpc) is 2.35. The monoisotopic (exact) mass is 378 g/mol. The van der Waals surface area contributed by atoms with Crippen LogP contribution in [0.5, 0.6) is 5.75 Å². The van der Waals surface area contributed by atoms with Gasteiger partial charge in [0, 0.05) is 17.6 Å². The van der Waals surface area contributed by atoms with Crippen LogP contribution in [0.1, 0.15) is 13.8 Å². The van der Waals surface area contributed by atoms with E-state index >= 15 is 0 Å². The van der Waals surface area contributed by atoms with E-state index in [1.165, 1.54) is 7.11 Å². The van der Waals surface area contributed by atoms with Crippen molar-refractivity contribution < 1.29 is 13.2 Å². The van der Waals surface area contributed by atoms with E-state index in [4.69, 9.17) is 4.74 Å².